The number of para-hydroxylation sites is 1. The Bertz CT molecular complexity index is 954. The second-order valence-corrected chi connectivity index (χ2v) is 6.94. The molecule has 0 saturated carbocycles. The van der Waals surface area contributed by atoms with Crippen LogP contribution in [0.3, 0.4) is 0 Å². The predicted molar refractivity (Wildman–Crippen MR) is 110 cm³/mol. The molecule has 0 atom stereocenters. The molecule has 27 heavy (non-hydrogen) atoms. The Labute approximate surface area is 161 Å². The number of urea groups is 1. The minimum absolute atomic E-state index is 0.199. The molecule has 138 valence electrons. The summed E-state index contributed by atoms with van der Waals surface area (Å²) in [6.45, 7) is 3.84. The standard InChI is InChI=1S/C20H20N4O2S/c1-3-17-21-13(2)18(27-17)19(25)22-15-10-7-11-16(12-15)24-20(26)23-14-8-5-4-6-9-14/h4-12H,3H2,1-2H3,(H,22,25)(H2,23,24,26). The van der Waals surface area contributed by atoms with Crippen LogP contribution >= 0.6 is 11.3 Å². The normalized spacial score (nSPS) is 10.3. The van der Waals surface area contributed by atoms with Crippen molar-refractivity contribution in [1.82, 2.24) is 4.98 Å². The second-order valence-electron chi connectivity index (χ2n) is 5.86. The van der Waals surface area contributed by atoms with Crippen LogP contribution in [0.2, 0.25) is 0 Å². The number of thiazole rings is 1. The van der Waals surface area contributed by atoms with Gasteiger partial charge in [-0.1, -0.05) is 31.2 Å². The zero-order valence-electron chi connectivity index (χ0n) is 15.1. The third kappa shape index (κ3) is 4.92. The zero-order valence-corrected chi connectivity index (χ0v) is 15.9. The Morgan fingerprint density at radius 2 is 1.56 bits per heavy atom. The summed E-state index contributed by atoms with van der Waals surface area (Å²) in [4.78, 5) is 29.6. The van der Waals surface area contributed by atoms with Crippen molar-refractivity contribution in [1.29, 1.82) is 0 Å². The van der Waals surface area contributed by atoms with Crippen molar-refractivity contribution < 1.29 is 9.59 Å². The molecule has 0 unspecified atom stereocenters. The van der Waals surface area contributed by atoms with E-state index in [0.717, 1.165) is 17.1 Å². The van der Waals surface area contributed by atoms with Crippen molar-refractivity contribution in [3.63, 3.8) is 0 Å². The number of aryl methyl sites for hydroxylation is 2. The van der Waals surface area contributed by atoms with Crippen LogP contribution in [0.15, 0.2) is 54.6 Å². The van der Waals surface area contributed by atoms with Gasteiger partial charge in [0.1, 0.15) is 4.88 Å². The van der Waals surface area contributed by atoms with E-state index in [2.05, 4.69) is 20.9 Å². The van der Waals surface area contributed by atoms with Crippen molar-refractivity contribution in [2.75, 3.05) is 16.0 Å². The van der Waals surface area contributed by atoms with Crippen LogP contribution in [-0.4, -0.2) is 16.9 Å². The SMILES string of the molecule is CCc1nc(C)c(C(=O)Nc2cccc(NC(=O)Nc3ccccc3)c2)s1. The molecule has 0 spiro atoms. The quantitative estimate of drug-likeness (QED) is 0.588. The number of rotatable bonds is 5. The summed E-state index contributed by atoms with van der Waals surface area (Å²) in [5, 5.41) is 9.30. The van der Waals surface area contributed by atoms with Crippen LogP contribution in [0.4, 0.5) is 21.9 Å². The van der Waals surface area contributed by atoms with Gasteiger partial charge in [0.25, 0.3) is 5.91 Å². The molecule has 1 heterocycles. The fourth-order valence-corrected chi connectivity index (χ4v) is 3.39. The number of nitrogens with zero attached hydrogens (tertiary/aromatic N) is 1. The van der Waals surface area contributed by atoms with Crippen LogP contribution < -0.4 is 16.0 Å². The Balaban J connectivity index is 1.65. The summed E-state index contributed by atoms with van der Waals surface area (Å²) in [5.74, 6) is -0.199. The van der Waals surface area contributed by atoms with Crippen molar-refractivity contribution in [2.45, 2.75) is 20.3 Å². The van der Waals surface area contributed by atoms with E-state index in [-0.39, 0.29) is 11.9 Å². The number of anilines is 3. The van der Waals surface area contributed by atoms with Gasteiger partial charge in [0.2, 0.25) is 0 Å². The predicted octanol–water partition coefficient (Wildman–Crippen LogP) is 4.91. The van der Waals surface area contributed by atoms with Gasteiger partial charge in [-0.25, -0.2) is 9.78 Å². The molecule has 0 bridgehead atoms. The summed E-state index contributed by atoms with van der Waals surface area (Å²) in [7, 11) is 0. The van der Waals surface area contributed by atoms with Crippen molar-refractivity contribution in [3.05, 3.63) is 70.2 Å². The van der Waals surface area contributed by atoms with Crippen molar-refractivity contribution >= 4 is 40.3 Å². The molecule has 3 amide bonds. The first-order valence-electron chi connectivity index (χ1n) is 8.56. The molecule has 3 N–H and O–H groups in total. The molecule has 0 saturated heterocycles. The summed E-state index contributed by atoms with van der Waals surface area (Å²) in [6.07, 6.45) is 0.800. The van der Waals surface area contributed by atoms with E-state index in [9.17, 15) is 9.59 Å². The van der Waals surface area contributed by atoms with Crippen LogP contribution in [0.1, 0.15) is 27.3 Å². The Kier molecular flexibility index (Phi) is 5.83. The van der Waals surface area contributed by atoms with Crippen LogP contribution in [-0.2, 0) is 6.42 Å². The number of nitrogens with one attached hydrogen (secondary N) is 3. The number of aromatic nitrogens is 1. The van der Waals surface area contributed by atoms with Gasteiger partial charge in [0.15, 0.2) is 0 Å². The van der Waals surface area contributed by atoms with E-state index in [1.807, 2.05) is 32.0 Å². The van der Waals surface area contributed by atoms with Gasteiger partial charge in [-0.15, -0.1) is 11.3 Å². The molecule has 3 rings (SSSR count). The molecule has 0 fully saturated rings. The lowest BCUT2D eigenvalue weighted by atomic mass is 10.2. The number of carbonyl (C=O) groups is 2. The largest absolute Gasteiger partial charge is 0.323 e. The van der Waals surface area contributed by atoms with E-state index in [1.165, 1.54) is 11.3 Å². The van der Waals surface area contributed by atoms with Crippen molar-refractivity contribution in [2.24, 2.45) is 0 Å². The first kappa shape index (κ1) is 18.6. The summed E-state index contributed by atoms with van der Waals surface area (Å²) >= 11 is 1.40. The topological polar surface area (TPSA) is 83.1 Å². The molecular weight excluding hydrogens is 360 g/mol. The number of hydrogen-bond donors (Lipinski definition) is 3. The Hall–Kier alpha value is -3.19. The highest BCUT2D eigenvalue weighted by atomic mass is 32.1. The number of carbonyl (C=O) groups excluding carboxylic acids is 2. The third-order valence-corrected chi connectivity index (χ3v) is 5.06. The molecule has 3 aromatic rings. The zero-order chi connectivity index (χ0) is 19.2. The summed E-state index contributed by atoms with van der Waals surface area (Å²) in [5.41, 5.74) is 2.61. The van der Waals surface area contributed by atoms with Gasteiger partial charge in [-0.05, 0) is 43.7 Å². The lowest BCUT2D eigenvalue weighted by molar-refractivity contribution is 0.103. The maximum Gasteiger partial charge on any atom is 0.323 e. The Morgan fingerprint density at radius 3 is 2.22 bits per heavy atom. The van der Waals surface area contributed by atoms with E-state index >= 15 is 0 Å². The van der Waals surface area contributed by atoms with Crippen LogP contribution in [0.5, 0.6) is 0 Å². The number of benzene rings is 2. The second kappa shape index (κ2) is 8.46. The van der Waals surface area contributed by atoms with Gasteiger partial charge in [0.05, 0.1) is 10.7 Å². The molecule has 6 nitrogen and oxygen atoms in total. The minimum Gasteiger partial charge on any atom is -0.321 e. The lowest BCUT2D eigenvalue weighted by Crippen LogP contribution is -2.19. The molecule has 1 aromatic heterocycles. The average Bonchev–Trinajstić information content (AvgIpc) is 3.04. The number of hydrogen-bond acceptors (Lipinski definition) is 4. The van der Waals surface area contributed by atoms with E-state index in [4.69, 9.17) is 0 Å². The maximum atomic E-state index is 12.5. The first-order chi connectivity index (χ1) is 13.0. The lowest BCUT2D eigenvalue weighted by Gasteiger charge is -2.09. The smallest absolute Gasteiger partial charge is 0.321 e. The molecule has 0 aliphatic carbocycles. The minimum atomic E-state index is -0.351. The molecule has 0 radical (unpaired) electrons. The highest BCUT2D eigenvalue weighted by Crippen LogP contribution is 2.21. The van der Waals surface area contributed by atoms with Crippen molar-refractivity contribution in [3.8, 4) is 0 Å². The van der Waals surface area contributed by atoms with Gasteiger partial charge < -0.3 is 16.0 Å². The van der Waals surface area contributed by atoms with E-state index in [0.29, 0.717) is 21.9 Å². The Morgan fingerprint density at radius 1 is 0.926 bits per heavy atom. The van der Waals surface area contributed by atoms with Gasteiger partial charge in [0, 0.05) is 17.1 Å². The molecule has 0 aliphatic rings. The highest BCUT2D eigenvalue weighted by Gasteiger charge is 2.15. The monoisotopic (exact) mass is 380 g/mol. The van der Waals surface area contributed by atoms with Gasteiger partial charge in [-0.3, -0.25) is 4.79 Å². The summed E-state index contributed by atoms with van der Waals surface area (Å²) in [6, 6.07) is 15.8. The van der Waals surface area contributed by atoms with Gasteiger partial charge >= 0.3 is 6.03 Å². The number of amides is 3. The maximum absolute atomic E-state index is 12.5. The van der Waals surface area contributed by atoms with Gasteiger partial charge in [-0.2, -0.15) is 0 Å². The molecule has 2 aromatic carbocycles. The fourth-order valence-electron chi connectivity index (χ4n) is 2.49. The third-order valence-electron chi connectivity index (χ3n) is 3.76. The highest BCUT2D eigenvalue weighted by molar-refractivity contribution is 7.13. The average molecular weight is 380 g/mol. The molecule has 7 heteroatoms. The van der Waals surface area contributed by atoms with Crippen LogP contribution in [0.25, 0.3) is 0 Å². The fraction of sp³-hybridized carbons (Fsp3) is 0.150. The van der Waals surface area contributed by atoms with Crippen LogP contribution in [0, 0.1) is 6.92 Å². The molecular formula is C20H20N4O2S. The summed E-state index contributed by atoms with van der Waals surface area (Å²) < 4.78 is 0. The van der Waals surface area contributed by atoms with E-state index in [1.54, 1.807) is 36.4 Å². The molecule has 0 aliphatic heterocycles. The first-order valence-corrected chi connectivity index (χ1v) is 9.37. The van der Waals surface area contributed by atoms with E-state index < -0.39 is 0 Å².